The SMILES string of the molecule is CCC(=O)N(Cc1ccccc1Cl)[C@H](CC)C(=O)NC(C)C. The second kappa shape index (κ2) is 8.79. The van der Waals surface area contributed by atoms with Crippen LogP contribution in [0.5, 0.6) is 0 Å². The van der Waals surface area contributed by atoms with E-state index in [-0.39, 0.29) is 17.9 Å². The Hall–Kier alpha value is -1.55. The van der Waals surface area contributed by atoms with Crippen molar-refractivity contribution < 1.29 is 9.59 Å². The van der Waals surface area contributed by atoms with Gasteiger partial charge in [0.2, 0.25) is 11.8 Å². The standard InChI is InChI=1S/C17H25ClN2O2/c1-5-15(17(22)19-12(3)4)20(16(21)6-2)11-13-9-7-8-10-14(13)18/h7-10,12,15H,5-6,11H2,1-4H3,(H,19,22)/t15-/m1/s1. The Kier molecular flexibility index (Phi) is 7.39. The van der Waals surface area contributed by atoms with Crippen molar-refractivity contribution in [2.24, 2.45) is 0 Å². The van der Waals surface area contributed by atoms with Gasteiger partial charge < -0.3 is 10.2 Å². The van der Waals surface area contributed by atoms with E-state index in [0.717, 1.165) is 5.56 Å². The number of amides is 2. The van der Waals surface area contributed by atoms with Gasteiger partial charge in [0.15, 0.2) is 0 Å². The van der Waals surface area contributed by atoms with E-state index in [1.807, 2.05) is 39.0 Å². The monoisotopic (exact) mass is 324 g/mol. The van der Waals surface area contributed by atoms with Crippen LogP contribution in [-0.4, -0.2) is 28.8 Å². The molecule has 0 aliphatic carbocycles. The lowest BCUT2D eigenvalue weighted by atomic mass is 10.1. The fraction of sp³-hybridized carbons (Fsp3) is 0.529. The van der Waals surface area contributed by atoms with Gasteiger partial charge in [-0.3, -0.25) is 9.59 Å². The van der Waals surface area contributed by atoms with E-state index < -0.39 is 6.04 Å². The third kappa shape index (κ3) is 5.02. The van der Waals surface area contributed by atoms with Crippen LogP contribution in [0.25, 0.3) is 0 Å². The van der Waals surface area contributed by atoms with Crippen LogP contribution in [-0.2, 0) is 16.1 Å². The molecule has 2 amide bonds. The summed E-state index contributed by atoms with van der Waals surface area (Å²) in [5, 5.41) is 3.49. The molecule has 1 aromatic rings. The molecule has 0 aliphatic heterocycles. The summed E-state index contributed by atoms with van der Waals surface area (Å²) in [4.78, 5) is 26.3. The van der Waals surface area contributed by atoms with Gasteiger partial charge >= 0.3 is 0 Å². The summed E-state index contributed by atoms with van der Waals surface area (Å²) in [5.74, 6) is -0.169. The first-order chi connectivity index (χ1) is 10.4. The Morgan fingerprint density at radius 1 is 1.23 bits per heavy atom. The van der Waals surface area contributed by atoms with Crippen molar-refractivity contribution in [3.05, 3.63) is 34.9 Å². The first-order valence-corrected chi connectivity index (χ1v) is 8.11. The van der Waals surface area contributed by atoms with Gasteiger partial charge in [0.25, 0.3) is 0 Å². The Balaban J connectivity index is 3.03. The predicted molar refractivity (Wildman–Crippen MR) is 89.7 cm³/mol. The number of benzene rings is 1. The van der Waals surface area contributed by atoms with Crippen molar-refractivity contribution in [1.29, 1.82) is 0 Å². The van der Waals surface area contributed by atoms with Gasteiger partial charge in [-0.05, 0) is 31.9 Å². The zero-order chi connectivity index (χ0) is 16.7. The quantitative estimate of drug-likeness (QED) is 0.836. The van der Waals surface area contributed by atoms with E-state index in [4.69, 9.17) is 11.6 Å². The summed E-state index contributed by atoms with van der Waals surface area (Å²) in [6.07, 6.45) is 0.921. The number of hydrogen-bond acceptors (Lipinski definition) is 2. The van der Waals surface area contributed by atoms with Crippen LogP contribution >= 0.6 is 11.6 Å². The van der Waals surface area contributed by atoms with Crippen molar-refractivity contribution in [3.8, 4) is 0 Å². The average Bonchev–Trinajstić information content (AvgIpc) is 2.47. The van der Waals surface area contributed by atoms with E-state index in [1.165, 1.54) is 0 Å². The van der Waals surface area contributed by atoms with Gasteiger partial charge in [0.1, 0.15) is 6.04 Å². The number of halogens is 1. The second-order valence-corrected chi connectivity index (χ2v) is 5.96. The zero-order valence-corrected chi connectivity index (χ0v) is 14.5. The van der Waals surface area contributed by atoms with Gasteiger partial charge in [0, 0.05) is 24.0 Å². The van der Waals surface area contributed by atoms with Crippen molar-refractivity contribution >= 4 is 23.4 Å². The first kappa shape index (κ1) is 18.5. The molecule has 0 aliphatic rings. The number of carbonyl (C=O) groups is 2. The molecule has 1 aromatic carbocycles. The average molecular weight is 325 g/mol. The molecule has 1 rings (SSSR count). The Morgan fingerprint density at radius 3 is 2.36 bits per heavy atom. The summed E-state index contributed by atoms with van der Waals surface area (Å²) in [6, 6.07) is 6.96. The molecule has 122 valence electrons. The fourth-order valence-corrected chi connectivity index (χ4v) is 2.51. The van der Waals surface area contributed by atoms with Crippen LogP contribution in [0.3, 0.4) is 0 Å². The minimum Gasteiger partial charge on any atom is -0.352 e. The number of rotatable bonds is 7. The molecule has 22 heavy (non-hydrogen) atoms. The van der Waals surface area contributed by atoms with Crippen LogP contribution in [0.4, 0.5) is 0 Å². The normalized spacial score (nSPS) is 12.1. The van der Waals surface area contributed by atoms with Crippen LogP contribution in [0.15, 0.2) is 24.3 Å². The third-order valence-electron chi connectivity index (χ3n) is 3.42. The van der Waals surface area contributed by atoms with Gasteiger partial charge in [-0.15, -0.1) is 0 Å². The summed E-state index contributed by atoms with van der Waals surface area (Å²) in [6.45, 7) is 7.87. The molecule has 1 atom stereocenters. The maximum atomic E-state index is 12.4. The maximum Gasteiger partial charge on any atom is 0.243 e. The predicted octanol–water partition coefficient (Wildman–Crippen LogP) is 3.38. The smallest absolute Gasteiger partial charge is 0.243 e. The molecule has 0 fully saturated rings. The third-order valence-corrected chi connectivity index (χ3v) is 3.79. The lowest BCUT2D eigenvalue weighted by Crippen LogP contribution is -2.50. The van der Waals surface area contributed by atoms with Crippen molar-refractivity contribution in [2.75, 3.05) is 0 Å². The van der Waals surface area contributed by atoms with Crippen LogP contribution in [0.2, 0.25) is 5.02 Å². The number of hydrogen-bond donors (Lipinski definition) is 1. The summed E-state index contributed by atoms with van der Waals surface area (Å²) in [5.41, 5.74) is 0.849. The van der Waals surface area contributed by atoms with Crippen molar-refractivity contribution in [2.45, 2.75) is 59.2 Å². The highest BCUT2D eigenvalue weighted by Gasteiger charge is 2.28. The van der Waals surface area contributed by atoms with Gasteiger partial charge in [0.05, 0.1) is 0 Å². The Bertz CT molecular complexity index is 517. The minimum atomic E-state index is -0.480. The first-order valence-electron chi connectivity index (χ1n) is 7.73. The minimum absolute atomic E-state index is 0.0421. The van der Waals surface area contributed by atoms with Crippen molar-refractivity contribution in [3.63, 3.8) is 0 Å². The number of nitrogens with zero attached hydrogens (tertiary/aromatic N) is 1. The highest BCUT2D eigenvalue weighted by Crippen LogP contribution is 2.20. The van der Waals surface area contributed by atoms with Gasteiger partial charge in [-0.1, -0.05) is 43.6 Å². The molecule has 0 spiro atoms. The molecular weight excluding hydrogens is 300 g/mol. The van der Waals surface area contributed by atoms with Gasteiger partial charge in [-0.2, -0.15) is 0 Å². The lowest BCUT2D eigenvalue weighted by molar-refractivity contribution is -0.141. The van der Waals surface area contributed by atoms with E-state index in [0.29, 0.717) is 24.4 Å². The highest BCUT2D eigenvalue weighted by molar-refractivity contribution is 6.31. The molecule has 0 heterocycles. The van der Waals surface area contributed by atoms with E-state index in [1.54, 1.807) is 17.9 Å². The molecule has 0 radical (unpaired) electrons. The highest BCUT2D eigenvalue weighted by atomic mass is 35.5. The topological polar surface area (TPSA) is 49.4 Å². The molecule has 5 heteroatoms. The van der Waals surface area contributed by atoms with Crippen LogP contribution in [0.1, 0.15) is 46.1 Å². The molecule has 0 saturated carbocycles. The van der Waals surface area contributed by atoms with E-state index >= 15 is 0 Å². The second-order valence-electron chi connectivity index (χ2n) is 5.55. The maximum absolute atomic E-state index is 12.4. The molecular formula is C17H25ClN2O2. The largest absolute Gasteiger partial charge is 0.352 e. The molecule has 0 bridgehead atoms. The van der Waals surface area contributed by atoms with Crippen molar-refractivity contribution in [1.82, 2.24) is 10.2 Å². The Morgan fingerprint density at radius 2 is 1.86 bits per heavy atom. The Labute approximate surface area is 137 Å². The molecule has 4 nitrogen and oxygen atoms in total. The van der Waals surface area contributed by atoms with Gasteiger partial charge in [-0.25, -0.2) is 0 Å². The van der Waals surface area contributed by atoms with E-state index in [9.17, 15) is 9.59 Å². The number of nitrogens with one attached hydrogen (secondary N) is 1. The summed E-state index contributed by atoms with van der Waals surface area (Å²) >= 11 is 6.19. The van der Waals surface area contributed by atoms with Crippen LogP contribution < -0.4 is 5.32 Å². The molecule has 0 unspecified atom stereocenters. The van der Waals surface area contributed by atoms with E-state index in [2.05, 4.69) is 5.32 Å². The number of carbonyl (C=O) groups excluding carboxylic acids is 2. The zero-order valence-electron chi connectivity index (χ0n) is 13.7. The summed E-state index contributed by atoms with van der Waals surface area (Å²) in [7, 11) is 0. The van der Waals surface area contributed by atoms with Crippen LogP contribution in [0, 0.1) is 0 Å². The summed E-state index contributed by atoms with van der Waals surface area (Å²) < 4.78 is 0. The lowest BCUT2D eigenvalue weighted by Gasteiger charge is -2.31. The molecule has 0 saturated heterocycles. The molecule has 1 N–H and O–H groups in total. The fourth-order valence-electron chi connectivity index (χ4n) is 2.31. The molecule has 0 aromatic heterocycles.